The number of nitrogens with two attached hydrogens (primary N) is 1. The van der Waals surface area contributed by atoms with Gasteiger partial charge in [0.2, 0.25) is 0 Å². The maximum absolute atomic E-state index is 12.2. The van der Waals surface area contributed by atoms with Gasteiger partial charge in [-0.25, -0.2) is 0 Å². The summed E-state index contributed by atoms with van der Waals surface area (Å²) in [6, 6.07) is 10.5. The molecule has 0 spiro atoms. The molecule has 0 aliphatic heterocycles. The number of nitro groups is 1. The Morgan fingerprint density at radius 2 is 1.96 bits per heavy atom. The molecule has 2 aromatic carbocycles. The summed E-state index contributed by atoms with van der Waals surface area (Å²) >= 11 is 4.59. The molecule has 0 saturated carbocycles. The molecule has 0 radical (unpaired) electrons. The van der Waals surface area contributed by atoms with Gasteiger partial charge in [-0.3, -0.25) is 15.5 Å². The standard InChI is InChI=1S/C14H12N4O5S2/c15-14(24)17-16-9-10-2-1-3-12(8-10)23-25(21,22)13-6-4-11(5-7-13)18(19)20/h1-9H,(H3,15,17,24)/b16-9+. The average Bonchev–Trinajstić information content (AvgIpc) is 2.54. The van der Waals surface area contributed by atoms with Crippen LogP contribution in [-0.4, -0.2) is 24.7 Å². The van der Waals surface area contributed by atoms with Gasteiger partial charge in [-0.15, -0.1) is 0 Å². The lowest BCUT2D eigenvalue weighted by atomic mass is 10.2. The zero-order valence-electron chi connectivity index (χ0n) is 12.5. The molecule has 0 amide bonds. The average molecular weight is 380 g/mol. The number of benzene rings is 2. The van der Waals surface area contributed by atoms with Crippen molar-refractivity contribution in [3.8, 4) is 5.75 Å². The Balaban J connectivity index is 2.18. The van der Waals surface area contributed by atoms with Crippen molar-refractivity contribution in [2.75, 3.05) is 0 Å². The molecular weight excluding hydrogens is 368 g/mol. The summed E-state index contributed by atoms with van der Waals surface area (Å²) in [7, 11) is -4.13. The monoisotopic (exact) mass is 380 g/mol. The van der Waals surface area contributed by atoms with Crippen LogP contribution in [0.2, 0.25) is 0 Å². The third kappa shape index (κ3) is 5.22. The van der Waals surface area contributed by atoms with Crippen molar-refractivity contribution in [1.82, 2.24) is 5.43 Å². The van der Waals surface area contributed by atoms with Gasteiger partial charge in [-0.2, -0.15) is 13.5 Å². The molecule has 0 aliphatic carbocycles. The molecule has 25 heavy (non-hydrogen) atoms. The van der Waals surface area contributed by atoms with Crippen LogP contribution >= 0.6 is 12.2 Å². The van der Waals surface area contributed by atoms with E-state index in [9.17, 15) is 18.5 Å². The third-order valence-corrected chi connectivity index (χ3v) is 4.14. The Hall–Kier alpha value is -3.05. The minimum Gasteiger partial charge on any atom is -0.379 e. The molecule has 0 heterocycles. The summed E-state index contributed by atoms with van der Waals surface area (Å²) in [4.78, 5) is 9.78. The molecule has 0 saturated heterocycles. The molecule has 2 aromatic rings. The van der Waals surface area contributed by atoms with Crippen molar-refractivity contribution >= 4 is 39.4 Å². The number of nitrogens with one attached hydrogen (secondary N) is 1. The van der Waals surface area contributed by atoms with Gasteiger partial charge in [0.25, 0.3) is 5.69 Å². The van der Waals surface area contributed by atoms with Crippen LogP contribution in [0.25, 0.3) is 0 Å². The van der Waals surface area contributed by atoms with E-state index in [1.807, 2.05) is 0 Å². The lowest BCUT2D eigenvalue weighted by molar-refractivity contribution is -0.384. The van der Waals surface area contributed by atoms with Gasteiger partial charge in [-0.05, 0) is 42.0 Å². The molecule has 0 aromatic heterocycles. The number of non-ortho nitro benzene ring substituents is 1. The van der Waals surface area contributed by atoms with E-state index in [1.165, 1.54) is 18.3 Å². The second-order valence-corrected chi connectivity index (χ2v) is 6.58. The van der Waals surface area contributed by atoms with Crippen LogP contribution in [0.1, 0.15) is 5.56 Å². The Kier molecular flexibility index (Phi) is 5.62. The zero-order valence-corrected chi connectivity index (χ0v) is 14.2. The summed E-state index contributed by atoms with van der Waals surface area (Å²) in [6.45, 7) is 0. The van der Waals surface area contributed by atoms with E-state index in [4.69, 9.17) is 9.92 Å². The lowest BCUT2D eigenvalue weighted by Crippen LogP contribution is -2.23. The van der Waals surface area contributed by atoms with Gasteiger partial charge in [0, 0.05) is 12.1 Å². The van der Waals surface area contributed by atoms with E-state index in [0.717, 1.165) is 24.3 Å². The highest BCUT2D eigenvalue weighted by Gasteiger charge is 2.18. The number of rotatable bonds is 6. The summed E-state index contributed by atoms with van der Waals surface area (Å²) in [5.41, 5.74) is 7.91. The number of nitrogens with zero attached hydrogens (tertiary/aromatic N) is 2. The summed E-state index contributed by atoms with van der Waals surface area (Å²) < 4.78 is 29.5. The van der Waals surface area contributed by atoms with Gasteiger partial charge in [0.05, 0.1) is 11.1 Å². The number of hydrogen-bond acceptors (Lipinski definition) is 7. The summed E-state index contributed by atoms with van der Waals surface area (Å²) in [6.07, 6.45) is 1.38. The smallest absolute Gasteiger partial charge is 0.339 e. The van der Waals surface area contributed by atoms with Crippen molar-refractivity contribution in [3.05, 3.63) is 64.2 Å². The van der Waals surface area contributed by atoms with Gasteiger partial charge in [0.15, 0.2) is 5.11 Å². The number of hydrogen-bond donors (Lipinski definition) is 2. The molecule has 9 nitrogen and oxygen atoms in total. The Labute approximate surface area is 148 Å². The van der Waals surface area contributed by atoms with Crippen LogP contribution in [0.4, 0.5) is 5.69 Å². The quantitative estimate of drug-likeness (QED) is 0.253. The van der Waals surface area contributed by atoms with E-state index in [1.54, 1.807) is 12.1 Å². The van der Waals surface area contributed by atoms with Crippen molar-refractivity contribution in [1.29, 1.82) is 0 Å². The first-order chi connectivity index (χ1) is 11.8. The van der Waals surface area contributed by atoms with Gasteiger partial charge >= 0.3 is 10.1 Å². The van der Waals surface area contributed by atoms with Gasteiger partial charge < -0.3 is 9.92 Å². The van der Waals surface area contributed by atoms with E-state index in [-0.39, 0.29) is 21.4 Å². The first kappa shape index (κ1) is 18.3. The van der Waals surface area contributed by atoms with Crippen LogP contribution in [0, 0.1) is 10.1 Å². The molecule has 0 bridgehead atoms. The highest BCUT2D eigenvalue weighted by Crippen LogP contribution is 2.21. The van der Waals surface area contributed by atoms with E-state index in [2.05, 4.69) is 22.7 Å². The Morgan fingerprint density at radius 3 is 2.56 bits per heavy atom. The van der Waals surface area contributed by atoms with Gasteiger partial charge in [-0.1, -0.05) is 12.1 Å². The highest BCUT2D eigenvalue weighted by atomic mass is 32.2. The predicted octanol–water partition coefficient (Wildman–Crippen LogP) is 1.53. The fourth-order valence-electron chi connectivity index (χ4n) is 1.73. The van der Waals surface area contributed by atoms with Crippen LogP contribution < -0.4 is 15.3 Å². The first-order valence-electron chi connectivity index (χ1n) is 6.65. The maximum Gasteiger partial charge on any atom is 0.339 e. The molecule has 0 fully saturated rings. The SMILES string of the molecule is NC(=S)N/N=C/c1cccc(OS(=O)(=O)c2ccc([N+](=O)[O-])cc2)c1. The highest BCUT2D eigenvalue weighted by molar-refractivity contribution is 7.87. The Morgan fingerprint density at radius 1 is 1.28 bits per heavy atom. The number of nitro benzene ring substituents is 1. The second kappa shape index (κ2) is 7.68. The summed E-state index contributed by atoms with van der Waals surface area (Å²) in [5, 5.41) is 14.4. The second-order valence-electron chi connectivity index (χ2n) is 4.60. The normalized spacial score (nSPS) is 11.2. The molecular formula is C14H12N4O5S2. The van der Waals surface area contributed by atoms with E-state index >= 15 is 0 Å². The van der Waals surface area contributed by atoms with Crippen molar-refractivity contribution < 1.29 is 17.5 Å². The lowest BCUT2D eigenvalue weighted by Gasteiger charge is -2.07. The molecule has 2 rings (SSSR count). The first-order valence-corrected chi connectivity index (χ1v) is 8.47. The minimum atomic E-state index is -4.13. The van der Waals surface area contributed by atoms with Crippen LogP contribution in [0.5, 0.6) is 5.75 Å². The predicted molar refractivity (Wildman–Crippen MR) is 94.9 cm³/mol. The largest absolute Gasteiger partial charge is 0.379 e. The number of hydrazone groups is 1. The summed E-state index contributed by atoms with van der Waals surface area (Å²) in [5.74, 6) is 0.0534. The third-order valence-electron chi connectivity index (χ3n) is 2.79. The molecule has 11 heteroatoms. The van der Waals surface area contributed by atoms with Crippen molar-refractivity contribution in [2.45, 2.75) is 4.90 Å². The Bertz CT molecular complexity index is 926. The van der Waals surface area contributed by atoms with Gasteiger partial charge in [0.1, 0.15) is 10.6 Å². The molecule has 0 aliphatic rings. The fraction of sp³-hybridized carbons (Fsp3) is 0. The van der Waals surface area contributed by atoms with Crippen LogP contribution in [-0.2, 0) is 10.1 Å². The topological polar surface area (TPSA) is 137 Å². The molecule has 0 unspecified atom stereocenters. The van der Waals surface area contributed by atoms with E-state index < -0.39 is 15.0 Å². The van der Waals surface area contributed by atoms with E-state index in [0.29, 0.717) is 5.56 Å². The van der Waals surface area contributed by atoms with Crippen LogP contribution in [0.15, 0.2) is 58.5 Å². The molecule has 3 N–H and O–H groups in total. The fourth-order valence-corrected chi connectivity index (χ4v) is 2.70. The van der Waals surface area contributed by atoms with Crippen molar-refractivity contribution in [2.24, 2.45) is 10.8 Å². The zero-order chi connectivity index (χ0) is 18.4. The minimum absolute atomic E-state index is 0.00981. The molecule has 130 valence electrons. The van der Waals surface area contributed by atoms with Crippen LogP contribution in [0.3, 0.4) is 0 Å². The maximum atomic E-state index is 12.2. The molecule has 0 atom stereocenters. The number of thiocarbonyl (C=S) groups is 1. The van der Waals surface area contributed by atoms with Crippen molar-refractivity contribution in [3.63, 3.8) is 0 Å².